The SMILES string of the molecule is O=C(Nc1cc(Cl)nc(Cl)n1)C(F)(F)C(F)F. The molecule has 0 aliphatic carbocycles. The van der Waals surface area contributed by atoms with Crippen molar-refractivity contribution in [3.05, 3.63) is 16.5 Å². The Bertz CT molecular complexity index is 423. The molecule has 0 saturated heterocycles. The van der Waals surface area contributed by atoms with E-state index < -0.39 is 29.4 Å². The molecule has 1 amide bonds. The number of hydrogen-bond donors (Lipinski definition) is 1. The third-order valence-corrected chi connectivity index (χ3v) is 1.85. The average molecular weight is 292 g/mol. The van der Waals surface area contributed by atoms with Gasteiger partial charge in [0.25, 0.3) is 0 Å². The van der Waals surface area contributed by atoms with Gasteiger partial charge in [-0.05, 0) is 11.6 Å². The first-order chi connectivity index (χ1) is 7.73. The minimum absolute atomic E-state index is 0.235. The van der Waals surface area contributed by atoms with Gasteiger partial charge in [0.2, 0.25) is 5.28 Å². The van der Waals surface area contributed by atoms with Crippen LogP contribution < -0.4 is 5.32 Å². The van der Waals surface area contributed by atoms with Crippen LogP contribution in [0.3, 0.4) is 0 Å². The summed E-state index contributed by atoms with van der Waals surface area (Å²) in [4.78, 5) is 17.5. The molecular weight excluding hydrogens is 289 g/mol. The summed E-state index contributed by atoms with van der Waals surface area (Å²) in [6.45, 7) is 0. The Kier molecular flexibility index (Phi) is 4.10. The molecule has 0 saturated carbocycles. The molecule has 94 valence electrons. The predicted molar refractivity (Wildman–Crippen MR) is 51.6 cm³/mol. The number of anilines is 1. The molecule has 0 bridgehead atoms. The molecule has 1 aromatic rings. The van der Waals surface area contributed by atoms with E-state index in [1.807, 2.05) is 0 Å². The van der Waals surface area contributed by atoms with Gasteiger partial charge in [0, 0.05) is 6.07 Å². The predicted octanol–water partition coefficient (Wildman–Crippen LogP) is 2.62. The summed E-state index contributed by atoms with van der Waals surface area (Å²) in [6, 6.07) is 0.882. The van der Waals surface area contributed by atoms with Crippen molar-refractivity contribution >= 4 is 34.9 Å². The van der Waals surface area contributed by atoms with Gasteiger partial charge in [0.1, 0.15) is 11.0 Å². The van der Waals surface area contributed by atoms with E-state index in [9.17, 15) is 22.4 Å². The minimum atomic E-state index is -4.83. The van der Waals surface area contributed by atoms with Crippen molar-refractivity contribution in [2.45, 2.75) is 12.3 Å². The number of carbonyl (C=O) groups is 1. The topological polar surface area (TPSA) is 54.9 Å². The molecule has 0 atom stereocenters. The normalized spacial score (nSPS) is 11.7. The largest absolute Gasteiger partial charge is 0.383 e. The van der Waals surface area contributed by atoms with Crippen LogP contribution in [0.4, 0.5) is 23.4 Å². The lowest BCUT2D eigenvalue weighted by Crippen LogP contribution is -2.41. The second-order valence-electron chi connectivity index (χ2n) is 2.72. The zero-order valence-electron chi connectivity index (χ0n) is 7.73. The maximum absolute atomic E-state index is 12.6. The van der Waals surface area contributed by atoms with Crippen molar-refractivity contribution in [3.63, 3.8) is 0 Å². The fourth-order valence-corrected chi connectivity index (χ4v) is 1.16. The van der Waals surface area contributed by atoms with Crippen molar-refractivity contribution in [2.75, 3.05) is 5.32 Å². The highest BCUT2D eigenvalue weighted by Crippen LogP contribution is 2.25. The number of alkyl halides is 4. The maximum Gasteiger partial charge on any atom is 0.383 e. The molecule has 0 aliphatic rings. The van der Waals surface area contributed by atoms with Gasteiger partial charge in [0.05, 0.1) is 0 Å². The molecule has 0 unspecified atom stereocenters. The van der Waals surface area contributed by atoms with Crippen LogP contribution in [0.25, 0.3) is 0 Å². The minimum Gasteiger partial charge on any atom is -0.305 e. The van der Waals surface area contributed by atoms with Crippen LogP contribution in [0.1, 0.15) is 0 Å². The van der Waals surface area contributed by atoms with Crippen LogP contribution in [-0.4, -0.2) is 28.2 Å². The van der Waals surface area contributed by atoms with E-state index in [1.54, 1.807) is 0 Å². The Morgan fingerprint density at radius 3 is 2.41 bits per heavy atom. The van der Waals surface area contributed by atoms with Crippen molar-refractivity contribution in [1.29, 1.82) is 0 Å². The summed E-state index contributed by atoms with van der Waals surface area (Å²) in [6.07, 6.45) is -4.13. The lowest BCUT2D eigenvalue weighted by molar-refractivity contribution is -0.163. The quantitative estimate of drug-likeness (QED) is 0.529. The fourth-order valence-electron chi connectivity index (χ4n) is 0.753. The van der Waals surface area contributed by atoms with Gasteiger partial charge < -0.3 is 5.32 Å². The molecule has 1 N–H and O–H groups in total. The molecule has 17 heavy (non-hydrogen) atoms. The van der Waals surface area contributed by atoms with E-state index in [-0.39, 0.29) is 5.15 Å². The van der Waals surface area contributed by atoms with Crippen molar-refractivity contribution < 1.29 is 22.4 Å². The van der Waals surface area contributed by atoms with Crippen LogP contribution >= 0.6 is 23.2 Å². The molecule has 1 rings (SSSR count). The van der Waals surface area contributed by atoms with Gasteiger partial charge in [0.15, 0.2) is 0 Å². The molecule has 0 aromatic carbocycles. The van der Waals surface area contributed by atoms with Crippen LogP contribution in [0.5, 0.6) is 0 Å². The lowest BCUT2D eigenvalue weighted by atomic mass is 10.3. The Balaban J connectivity index is 2.88. The van der Waals surface area contributed by atoms with Gasteiger partial charge in [-0.25, -0.2) is 18.7 Å². The number of halogens is 6. The van der Waals surface area contributed by atoms with E-state index in [1.165, 1.54) is 5.32 Å². The standard InChI is InChI=1S/C7H3Cl2F4N3O/c8-2-1-3(16-6(9)14-2)15-5(17)7(12,13)4(10)11/h1,4H,(H,14,15,16,17). The summed E-state index contributed by atoms with van der Waals surface area (Å²) < 4.78 is 48.8. The highest BCUT2D eigenvalue weighted by atomic mass is 35.5. The van der Waals surface area contributed by atoms with E-state index >= 15 is 0 Å². The van der Waals surface area contributed by atoms with E-state index in [4.69, 9.17) is 23.2 Å². The first kappa shape index (κ1) is 13.9. The highest BCUT2D eigenvalue weighted by Gasteiger charge is 2.49. The summed E-state index contributed by atoms with van der Waals surface area (Å²) in [5.41, 5.74) is 0. The number of carbonyl (C=O) groups excluding carboxylic acids is 1. The number of aromatic nitrogens is 2. The van der Waals surface area contributed by atoms with Crippen molar-refractivity contribution in [3.8, 4) is 0 Å². The highest BCUT2D eigenvalue weighted by molar-refractivity contribution is 6.32. The number of amides is 1. The molecule has 0 radical (unpaired) electrons. The lowest BCUT2D eigenvalue weighted by Gasteiger charge is -2.14. The van der Waals surface area contributed by atoms with Crippen molar-refractivity contribution in [2.24, 2.45) is 0 Å². The zero-order chi connectivity index (χ0) is 13.2. The second kappa shape index (κ2) is 5.01. The molecular formula is C7H3Cl2F4N3O. The first-order valence-corrected chi connectivity index (χ1v) is 4.66. The van der Waals surface area contributed by atoms with Crippen LogP contribution in [0, 0.1) is 0 Å². The van der Waals surface area contributed by atoms with Crippen LogP contribution in [0.2, 0.25) is 10.4 Å². The first-order valence-electron chi connectivity index (χ1n) is 3.91. The number of nitrogens with one attached hydrogen (secondary N) is 1. The van der Waals surface area contributed by atoms with E-state index in [0.29, 0.717) is 0 Å². The van der Waals surface area contributed by atoms with Crippen LogP contribution in [-0.2, 0) is 4.79 Å². The Labute approximate surface area is 102 Å². The van der Waals surface area contributed by atoms with Crippen LogP contribution in [0.15, 0.2) is 6.07 Å². The second-order valence-corrected chi connectivity index (χ2v) is 3.45. The van der Waals surface area contributed by atoms with Gasteiger partial charge in [-0.3, -0.25) is 4.79 Å². The molecule has 1 aromatic heterocycles. The van der Waals surface area contributed by atoms with Gasteiger partial charge in [-0.2, -0.15) is 8.78 Å². The molecule has 0 aliphatic heterocycles. The van der Waals surface area contributed by atoms with Gasteiger partial charge in [-0.15, -0.1) is 0 Å². The third-order valence-electron chi connectivity index (χ3n) is 1.49. The Hall–Kier alpha value is -1.15. The number of rotatable bonds is 3. The zero-order valence-corrected chi connectivity index (χ0v) is 9.24. The molecule has 0 spiro atoms. The number of hydrogen-bond acceptors (Lipinski definition) is 3. The summed E-state index contributed by atoms with van der Waals surface area (Å²) >= 11 is 10.7. The summed E-state index contributed by atoms with van der Waals surface area (Å²) in [7, 11) is 0. The molecule has 1 heterocycles. The molecule has 0 fully saturated rings. The van der Waals surface area contributed by atoms with Gasteiger partial charge >= 0.3 is 18.3 Å². The third kappa shape index (κ3) is 3.40. The average Bonchev–Trinajstić information content (AvgIpc) is 2.15. The van der Waals surface area contributed by atoms with E-state index in [0.717, 1.165) is 6.07 Å². The van der Waals surface area contributed by atoms with E-state index in [2.05, 4.69) is 9.97 Å². The maximum atomic E-state index is 12.6. The monoisotopic (exact) mass is 291 g/mol. The van der Waals surface area contributed by atoms with Crippen molar-refractivity contribution in [1.82, 2.24) is 9.97 Å². The smallest absolute Gasteiger partial charge is 0.305 e. The number of nitrogens with zero attached hydrogens (tertiary/aromatic N) is 2. The fraction of sp³-hybridized carbons (Fsp3) is 0.286. The molecule has 10 heteroatoms. The summed E-state index contributed by atoms with van der Waals surface area (Å²) in [5.74, 6) is -7.54. The molecule has 4 nitrogen and oxygen atoms in total. The van der Waals surface area contributed by atoms with Gasteiger partial charge in [-0.1, -0.05) is 11.6 Å². The Morgan fingerprint density at radius 1 is 1.35 bits per heavy atom. The summed E-state index contributed by atoms with van der Waals surface area (Å²) in [5, 5.41) is 0.798. The Morgan fingerprint density at radius 2 is 1.94 bits per heavy atom.